The average Bonchev–Trinajstić information content (AvgIpc) is 2.15. The predicted octanol–water partition coefficient (Wildman–Crippen LogP) is 2.71. The van der Waals surface area contributed by atoms with E-state index in [1.54, 1.807) is 0 Å². The molecule has 1 unspecified atom stereocenters. The number of carbonyl (C=O) groups is 1. The Morgan fingerprint density at radius 2 is 1.71 bits per heavy atom. The van der Waals surface area contributed by atoms with Crippen LogP contribution in [-0.4, -0.2) is 24.5 Å². The van der Waals surface area contributed by atoms with Crippen LogP contribution >= 0.6 is 0 Å². The van der Waals surface area contributed by atoms with E-state index in [2.05, 4.69) is 31.4 Å². The van der Waals surface area contributed by atoms with Gasteiger partial charge in [-0.3, -0.25) is 4.79 Å². The molecule has 0 aromatic heterocycles. The summed E-state index contributed by atoms with van der Waals surface area (Å²) in [6.07, 6.45) is 4.33. The minimum atomic E-state index is 0.141. The van der Waals surface area contributed by atoms with Gasteiger partial charge >= 0.3 is 0 Å². The van der Waals surface area contributed by atoms with Crippen LogP contribution in [0.2, 0.25) is 0 Å². The van der Waals surface area contributed by atoms with Crippen LogP contribution in [0, 0.1) is 5.92 Å². The molecule has 0 aromatic rings. The monoisotopic (exact) mass is 242 g/mol. The normalized spacial score (nSPS) is 13.1. The van der Waals surface area contributed by atoms with Gasteiger partial charge in [0.15, 0.2) is 0 Å². The minimum Gasteiger partial charge on any atom is -0.354 e. The second-order valence-electron chi connectivity index (χ2n) is 5.65. The molecule has 0 saturated heterocycles. The van der Waals surface area contributed by atoms with Gasteiger partial charge in [-0.05, 0) is 33.1 Å². The van der Waals surface area contributed by atoms with Crippen LogP contribution in [0.15, 0.2) is 0 Å². The molecule has 0 saturated carbocycles. The third-order valence-corrected chi connectivity index (χ3v) is 2.71. The Kier molecular flexibility index (Phi) is 9.14. The molecule has 0 fully saturated rings. The highest BCUT2D eigenvalue weighted by molar-refractivity contribution is 5.76. The number of amides is 1. The van der Waals surface area contributed by atoms with Gasteiger partial charge in [0.1, 0.15) is 0 Å². The van der Waals surface area contributed by atoms with E-state index in [1.807, 2.05) is 13.8 Å². The second-order valence-corrected chi connectivity index (χ2v) is 5.65. The van der Waals surface area contributed by atoms with Crippen LogP contribution in [0.25, 0.3) is 0 Å². The van der Waals surface area contributed by atoms with E-state index in [0.717, 1.165) is 12.5 Å². The summed E-state index contributed by atoms with van der Waals surface area (Å²) in [5, 5.41) is 6.30. The van der Waals surface area contributed by atoms with Gasteiger partial charge in [0.25, 0.3) is 0 Å². The SMILES string of the molecule is CC(C)CCCC(C)NCCC(=O)NC(C)C. The molecule has 0 heterocycles. The molecule has 102 valence electrons. The van der Waals surface area contributed by atoms with Crippen molar-refractivity contribution >= 4 is 5.91 Å². The number of rotatable bonds is 9. The van der Waals surface area contributed by atoms with Crippen molar-refractivity contribution in [2.24, 2.45) is 5.92 Å². The first kappa shape index (κ1) is 16.4. The van der Waals surface area contributed by atoms with Gasteiger partial charge < -0.3 is 10.6 Å². The van der Waals surface area contributed by atoms with E-state index >= 15 is 0 Å². The Labute approximate surface area is 107 Å². The van der Waals surface area contributed by atoms with E-state index < -0.39 is 0 Å². The summed E-state index contributed by atoms with van der Waals surface area (Å²) < 4.78 is 0. The van der Waals surface area contributed by atoms with Gasteiger partial charge in [-0.15, -0.1) is 0 Å². The first-order valence-electron chi connectivity index (χ1n) is 6.94. The summed E-state index contributed by atoms with van der Waals surface area (Å²) in [5.74, 6) is 0.931. The van der Waals surface area contributed by atoms with Crippen molar-refractivity contribution in [2.45, 2.75) is 72.4 Å². The second kappa shape index (κ2) is 9.46. The van der Waals surface area contributed by atoms with E-state index in [9.17, 15) is 4.79 Å². The van der Waals surface area contributed by atoms with Crippen molar-refractivity contribution in [1.82, 2.24) is 10.6 Å². The summed E-state index contributed by atoms with van der Waals surface area (Å²) >= 11 is 0. The fourth-order valence-electron chi connectivity index (χ4n) is 1.76. The van der Waals surface area contributed by atoms with Crippen molar-refractivity contribution in [3.05, 3.63) is 0 Å². The number of hydrogen-bond donors (Lipinski definition) is 2. The molecule has 0 rings (SSSR count). The number of nitrogens with one attached hydrogen (secondary N) is 2. The van der Waals surface area contributed by atoms with E-state index in [0.29, 0.717) is 12.5 Å². The summed E-state index contributed by atoms with van der Waals surface area (Å²) in [6.45, 7) is 11.5. The molecule has 0 spiro atoms. The summed E-state index contributed by atoms with van der Waals surface area (Å²) in [7, 11) is 0. The van der Waals surface area contributed by atoms with Crippen LogP contribution in [0.1, 0.15) is 60.3 Å². The van der Waals surface area contributed by atoms with Crippen molar-refractivity contribution in [2.75, 3.05) is 6.54 Å². The topological polar surface area (TPSA) is 41.1 Å². The molecule has 0 aliphatic heterocycles. The highest BCUT2D eigenvalue weighted by atomic mass is 16.1. The number of carbonyl (C=O) groups excluding carboxylic acids is 1. The summed E-state index contributed by atoms with van der Waals surface area (Å²) in [4.78, 5) is 11.4. The zero-order chi connectivity index (χ0) is 13.3. The Morgan fingerprint density at radius 3 is 2.24 bits per heavy atom. The lowest BCUT2D eigenvalue weighted by atomic mass is 10.0. The molecule has 17 heavy (non-hydrogen) atoms. The maximum atomic E-state index is 11.4. The van der Waals surface area contributed by atoms with Crippen LogP contribution in [0.4, 0.5) is 0 Å². The molecule has 1 atom stereocenters. The Hall–Kier alpha value is -0.570. The smallest absolute Gasteiger partial charge is 0.221 e. The predicted molar refractivity (Wildman–Crippen MR) is 74.0 cm³/mol. The van der Waals surface area contributed by atoms with Gasteiger partial charge in [0, 0.05) is 25.0 Å². The largest absolute Gasteiger partial charge is 0.354 e. The first-order chi connectivity index (χ1) is 7.91. The molecule has 2 N–H and O–H groups in total. The van der Waals surface area contributed by atoms with E-state index in [-0.39, 0.29) is 11.9 Å². The fourth-order valence-corrected chi connectivity index (χ4v) is 1.76. The van der Waals surface area contributed by atoms with Crippen LogP contribution in [0.3, 0.4) is 0 Å². The quantitative estimate of drug-likeness (QED) is 0.653. The summed E-state index contributed by atoms with van der Waals surface area (Å²) in [6, 6.07) is 0.756. The zero-order valence-electron chi connectivity index (χ0n) is 12.2. The fraction of sp³-hybridized carbons (Fsp3) is 0.929. The zero-order valence-corrected chi connectivity index (χ0v) is 12.2. The van der Waals surface area contributed by atoms with E-state index in [1.165, 1.54) is 19.3 Å². The molecule has 0 radical (unpaired) electrons. The van der Waals surface area contributed by atoms with Crippen molar-refractivity contribution < 1.29 is 4.79 Å². The van der Waals surface area contributed by atoms with Crippen molar-refractivity contribution in [3.63, 3.8) is 0 Å². The maximum Gasteiger partial charge on any atom is 0.221 e. The standard InChI is InChI=1S/C14H30N2O/c1-11(2)7-6-8-13(5)15-10-9-14(17)16-12(3)4/h11-13,15H,6-10H2,1-5H3,(H,16,17). The highest BCUT2D eigenvalue weighted by Gasteiger charge is 2.05. The highest BCUT2D eigenvalue weighted by Crippen LogP contribution is 2.07. The molecule has 0 aliphatic carbocycles. The third kappa shape index (κ3) is 11.7. The van der Waals surface area contributed by atoms with Crippen molar-refractivity contribution in [3.8, 4) is 0 Å². The Bertz CT molecular complexity index is 202. The van der Waals surface area contributed by atoms with Gasteiger partial charge in [-0.1, -0.05) is 26.7 Å². The minimum absolute atomic E-state index is 0.141. The Balaban J connectivity index is 3.44. The molecule has 0 aromatic carbocycles. The molecular formula is C14H30N2O. The molecular weight excluding hydrogens is 212 g/mol. The molecule has 3 nitrogen and oxygen atoms in total. The molecule has 1 amide bonds. The van der Waals surface area contributed by atoms with Gasteiger partial charge in [0.05, 0.1) is 0 Å². The van der Waals surface area contributed by atoms with Gasteiger partial charge in [-0.2, -0.15) is 0 Å². The van der Waals surface area contributed by atoms with Crippen LogP contribution < -0.4 is 10.6 Å². The van der Waals surface area contributed by atoms with Gasteiger partial charge in [-0.25, -0.2) is 0 Å². The average molecular weight is 242 g/mol. The van der Waals surface area contributed by atoms with Gasteiger partial charge in [0.2, 0.25) is 5.91 Å². The van der Waals surface area contributed by atoms with Crippen molar-refractivity contribution in [1.29, 1.82) is 0 Å². The summed E-state index contributed by atoms with van der Waals surface area (Å²) in [5.41, 5.74) is 0. The lowest BCUT2D eigenvalue weighted by Crippen LogP contribution is -2.34. The molecule has 0 aliphatic rings. The third-order valence-electron chi connectivity index (χ3n) is 2.71. The number of hydrogen-bond acceptors (Lipinski definition) is 2. The lowest BCUT2D eigenvalue weighted by molar-refractivity contribution is -0.121. The first-order valence-corrected chi connectivity index (χ1v) is 6.94. The molecule has 0 bridgehead atoms. The lowest BCUT2D eigenvalue weighted by Gasteiger charge is -2.14. The Morgan fingerprint density at radius 1 is 1.06 bits per heavy atom. The van der Waals surface area contributed by atoms with Crippen LogP contribution in [-0.2, 0) is 4.79 Å². The maximum absolute atomic E-state index is 11.4. The molecule has 3 heteroatoms. The van der Waals surface area contributed by atoms with E-state index in [4.69, 9.17) is 0 Å². The van der Waals surface area contributed by atoms with Crippen LogP contribution in [0.5, 0.6) is 0 Å².